The number of H-pyrrole nitrogens is 1. The summed E-state index contributed by atoms with van der Waals surface area (Å²) in [6.45, 7) is 1.29. The van der Waals surface area contributed by atoms with Gasteiger partial charge in [-0.1, -0.05) is 0 Å². The molecule has 0 atom stereocenters. The summed E-state index contributed by atoms with van der Waals surface area (Å²) in [6.07, 6.45) is 1.16. The van der Waals surface area contributed by atoms with Crippen LogP contribution in [-0.2, 0) is 13.8 Å². The van der Waals surface area contributed by atoms with Crippen molar-refractivity contribution in [3.05, 3.63) is 6.20 Å². The molecule has 1 aromatic heterocycles. The van der Waals surface area contributed by atoms with Crippen molar-refractivity contribution in [1.29, 1.82) is 0 Å². The Morgan fingerprint density at radius 2 is 2.31 bits per heavy atom. The van der Waals surface area contributed by atoms with Crippen molar-refractivity contribution in [2.45, 2.75) is 12.1 Å². The second-order valence-corrected chi connectivity index (χ2v) is 4.70. The van der Waals surface area contributed by atoms with Gasteiger partial charge >= 0.3 is 0 Å². The first-order valence-electron chi connectivity index (χ1n) is 3.17. The van der Waals surface area contributed by atoms with Gasteiger partial charge in [0.15, 0.2) is 0 Å². The molecule has 0 saturated heterocycles. The van der Waals surface area contributed by atoms with E-state index in [-0.39, 0.29) is 11.7 Å². The molecular weight excluding hydrogens is 218 g/mol. The molecule has 1 rings (SSSR count). The van der Waals surface area contributed by atoms with Crippen molar-refractivity contribution in [3.63, 3.8) is 0 Å². The van der Waals surface area contributed by atoms with Crippen LogP contribution < -0.4 is 5.32 Å². The summed E-state index contributed by atoms with van der Waals surface area (Å²) < 4.78 is 21.4. The van der Waals surface area contributed by atoms with E-state index in [1.165, 1.54) is 6.92 Å². The molecule has 72 valence electrons. The average Bonchev–Trinajstić information content (AvgIpc) is 2.32. The highest BCUT2D eigenvalue weighted by Gasteiger charge is 2.14. The van der Waals surface area contributed by atoms with Gasteiger partial charge in [-0.15, -0.1) is 0 Å². The zero-order valence-corrected chi connectivity index (χ0v) is 8.11. The zero-order valence-electron chi connectivity index (χ0n) is 6.54. The molecule has 2 N–H and O–H groups in total. The van der Waals surface area contributed by atoms with Crippen LogP contribution in [-0.4, -0.2) is 24.3 Å². The number of nitrogens with one attached hydrogen (secondary N) is 2. The number of amides is 1. The van der Waals surface area contributed by atoms with Gasteiger partial charge in [0.05, 0.1) is 6.20 Å². The van der Waals surface area contributed by atoms with Gasteiger partial charge in [0.2, 0.25) is 11.1 Å². The fourth-order valence-electron chi connectivity index (χ4n) is 0.680. The normalized spacial score (nSPS) is 11.2. The predicted octanol–water partition coefficient (Wildman–Crippen LogP) is 0.296. The first kappa shape index (κ1) is 10.0. The van der Waals surface area contributed by atoms with Gasteiger partial charge in [-0.2, -0.15) is 0 Å². The molecule has 0 saturated carbocycles. The molecule has 0 spiro atoms. The van der Waals surface area contributed by atoms with Crippen LogP contribution in [0.3, 0.4) is 0 Å². The van der Waals surface area contributed by atoms with E-state index in [1.807, 2.05) is 0 Å². The second-order valence-electron chi connectivity index (χ2n) is 2.22. The number of hydrogen-bond donors (Lipinski definition) is 2. The highest BCUT2D eigenvalue weighted by molar-refractivity contribution is 8.13. The lowest BCUT2D eigenvalue weighted by Gasteiger charge is -1.94. The molecule has 6 nitrogen and oxygen atoms in total. The van der Waals surface area contributed by atoms with Crippen molar-refractivity contribution in [1.82, 2.24) is 9.97 Å². The van der Waals surface area contributed by atoms with Crippen LogP contribution in [0, 0.1) is 0 Å². The van der Waals surface area contributed by atoms with Crippen molar-refractivity contribution in [3.8, 4) is 0 Å². The van der Waals surface area contributed by atoms with Gasteiger partial charge in [-0.05, 0) is 0 Å². The Hall–Kier alpha value is -1.08. The summed E-state index contributed by atoms with van der Waals surface area (Å²) in [5, 5.41) is 1.93. The average molecular weight is 224 g/mol. The Balaban J connectivity index is 2.94. The van der Waals surface area contributed by atoms with Crippen molar-refractivity contribution < 1.29 is 13.2 Å². The number of nitrogens with zero attached hydrogens (tertiary/aromatic N) is 1. The molecule has 0 bridgehead atoms. The molecule has 0 fully saturated rings. The lowest BCUT2D eigenvalue weighted by atomic mass is 10.6. The van der Waals surface area contributed by atoms with Crippen LogP contribution in [0.2, 0.25) is 0 Å². The molecule has 1 amide bonds. The fourth-order valence-corrected chi connectivity index (χ4v) is 1.33. The van der Waals surface area contributed by atoms with Crippen molar-refractivity contribution in [2.75, 3.05) is 5.32 Å². The molecule has 1 aromatic rings. The summed E-state index contributed by atoms with van der Waals surface area (Å²) in [7, 11) is 1.11. The molecule has 0 aliphatic rings. The van der Waals surface area contributed by atoms with E-state index in [1.54, 1.807) is 0 Å². The highest BCUT2D eigenvalue weighted by atomic mass is 35.7. The topological polar surface area (TPSA) is 91.9 Å². The minimum Gasteiger partial charge on any atom is -0.314 e. The Labute approximate surface area is 78.7 Å². The highest BCUT2D eigenvalue weighted by Crippen LogP contribution is 2.12. The lowest BCUT2D eigenvalue weighted by molar-refractivity contribution is -0.114. The van der Waals surface area contributed by atoms with Crippen LogP contribution in [0.4, 0.5) is 5.82 Å². The number of rotatable bonds is 2. The summed E-state index contributed by atoms with van der Waals surface area (Å²) in [5.74, 6) is -0.145. The third-order valence-electron chi connectivity index (χ3n) is 1.09. The lowest BCUT2D eigenvalue weighted by Crippen LogP contribution is -2.06. The molecule has 0 aliphatic carbocycles. The number of carbonyl (C=O) groups excluding carboxylic acids is 1. The van der Waals surface area contributed by atoms with E-state index >= 15 is 0 Å². The first-order chi connectivity index (χ1) is 5.89. The maximum atomic E-state index is 10.7. The fraction of sp³-hybridized carbons (Fsp3) is 0.200. The molecular formula is C5H6ClN3O3S. The summed E-state index contributed by atoms with van der Waals surface area (Å²) in [4.78, 5) is 16.3. The number of anilines is 1. The van der Waals surface area contributed by atoms with E-state index in [2.05, 4.69) is 15.3 Å². The number of aromatic amines is 1. The zero-order chi connectivity index (χ0) is 10.1. The summed E-state index contributed by atoms with van der Waals surface area (Å²) >= 11 is 0. The molecule has 0 unspecified atom stereocenters. The maximum absolute atomic E-state index is 10.7. The van der Waals surface area contributed by atoms with Crippen LogP contribution in [0.15, 0.2) is 11.4 Å². The third kappa shape index (κ3) is 2.71. The number of imidazole rings is 1. The monoisotopic (exact) mass is 223 g/mol. The van der Waals surface area contributed by atoms with Crippen LogP contribution in [0.25, 0.3) is 0 Å². The SMILES string of the molecule is CC(=O)Nc1cnc(S(=O)(=O)Cl)[nH]1. The van der Waals surface area contributed by atoms with Gasteiger partial charge in [0.1, 0.15) is 5.82 Å². The first-order valence-corrected chi connectivity index (χ1v) is 5.48. The predicted molar refractivity (Wildman–Crippen MR) is 45.9 cm³/mol. The van der Waals surface area contributed by atoms with Crippen LogP contribution >= 0.6 is 10.7 Å². The van der Waals surface area contributed by atoms with E-state index in [0.717, 1.165) is 6.20 Å². The van der Waals surface area contributed by atoms with E-state index in [4.69, 9.17) is 10.7 Å². The largest absolute Gasteiger partial charge is 0.314 e. The number of carbonyl (C=O) groups is 1. The summed E-state index contributed by atoms with van der Waals surface area (Å²) in [5.41, 5.74) is 0. The van der Waals surface area contributed by atoms with Gasteiger partial charge < -0.3 is 10.3 Å². The third-order valence-corrected chi connectivity index (χ3v) is 2.20. The Morgan fingerprint density at radius 1 is 1.69 bits per heavy atom. The number of hydrogen-bond acceptors (Lipinski definition) is 4. The number of aromatic nitrogens is 2. The standard InChI is InChI=1S/C5H6ClN3O3S/c1-3(10)8-4-2-7-5(9-4)13(6,11)12/h2H,1H3,(H,7,9)(H,8,10). The quantitative estimate of drug-likeness (QED) is 0.706. The van der Waals surface area contributed by atoms with E-state index in [9.17, 15) is 13.2 Å². The van der Waals surface area contributed by atoms with Gasteiger partial charge in [0, 0.05) is 17.6 Å². The minimum atomic E-state index is -3.86. The van der Waals surface area contributed by atoms with E-state index < -0.39 is 14.2 Å². The number of halogens is 1. The summed E-state index contributed by atoms with van der Waals surface area (Å²) in [6, 6.07) is 0. The Morgan fingerprint density at radius 3 is 2.69 bits per heavy atom. The second kappa shape index (κ2) is 3.35. The minimum absolute atomic E-state index is 0.187. The molecule has 0 radical (unpaired) electrons. The molecule has 0 aromatic carbocycles. The van der Waals surface area contributed by atoms with Crippen LogP contribution in [0.1, 0.15) is 6.92 Å². The molecule has 8 heteroatoms. The van der Waals surface area contributed by atoms with Crippen molar-refractivity contribution >= 4 is 31.5 Å². The Bertz CT molecular complexity index is 424. The molecule has 0 aliphatic heterocycles. The van der Waals surface area contributed by atoms with Crippen LogP contribution in [0.5, 0.6) is 0 Å². The Kier molecular flexibility index (Phi) is 2.58. The van der Waals surface area contributed by atoms with Gasteiger partial charge in [-0.3, -0.25) is 4.79 Å². The van der Waals surface area contributed by atoms with Gasteiger partial charge in [0.25, 0.3) is 9.05 Å². The van der Waals surface area contributed by atoms with Gasteiger partial charge in [-0.25, -0.2) is 13.4 Å². The van der Waals surface area contributed by atoms with Crippen molar-refractivity contribution in [2.24, 2.45) is 0 Å². The maximum Gasteiger partial charge on any atom is 0.294 e. The van der Waals surface area contributed by atoms with E-state index in [0.29, 0.717) is 0 Å². The smallest absolute Gasteiger partial charge is 0.294 e. The molecule has 13 heavy (non-hydrogen) atoms. The molecule has 1 heterocycles.